The number of amides is 1. The van der Waals surface area contributed by atoms with Crippen molar-refractivity contribution in [1.29, 1.82) is 0 Å². The summed E-state index contributed by atoms with van der Waals surface area (Å²) in [5, 5.41) is 6.93. The van der Waals surface area contributed by atoms with E-state index in [-0.39, 0.29) is 5.91 Å². The lowest BCUT2D eigenvalue weighted by molar-refractivity contribution is 0.102. The Balaban J connectivity index is 1.62. The number of fused-ring (bicyclic) bond motifs is 1. The first kappa shape index (κ1) is 20.9. The topological polar surface area (TPSA) is 94.6 Å². The van der Waals surface area contributed by atoms with E-state index in [0.29, 0.717) is 39.8 Å². The van der Waals surface area contributed by atoms with Gasteiger partial charge in [0.15, 0.2) is 11.5 Å². The monoisotopic (exact) mass is 430 g/mol. The maximum absolute atomic E-state index is 12.5. The van der Waals surface area contributed by atoms with E-state index in [1.807, 2.05) is 30.3 Å². The van der Waals surface area contributed by atoms with Crippen LogP contribution in [0.5, 0.6) is 17.2 Å². The lowest BCUT2D eigenvalue weighted by atomic mass is 10.2. The van der Waals surface area contributed by atoms with Crippen molar-refractivity contribution in [1.82, 2.24) is 9.97 Å². The van der Waals surface area contributed by atoms with Crippen LogP contribution >= 0.6 is 0 Å². The van der Waals surface area contributed by atoms with Gasteiger partial charge in [0, 0.05) is 28.8 Å². The van der Waals surface area contributed by atoms with E-state index in [0.717, 1.165) is 11.1 Å². The molecule has 32 heavy (non-hydrogen) atoms. The third kappa shape index (κ3) is 4.24. The Bertz CT molecular complexity index is 1260. The predicted molar refractivity (Wildman–Crippen MR) is 123 cm³/mol. The number of anilines is 3. The average Bonchev–Trinajstić information content (AvgIpc) is 2.84. The fourth-order valence-corrected chi connectivity index (χ4v) is 3.28. The summed E-state index contributed by atoms with van der Waals surface area (Å²) in [5.41, 5.74) is 2.56. The van der Waals surface area contributed by atoms with Crippen molar-refractivity contribution in [3.05, 3.63) is 72.6 Å². The summed E-state index contributed by atoms with van der Waals surface area (Å²) in [6.45, 7) is 0. The molecule has 0 atom stereocenters. The molecular weight excluding hydrogens is 408 g/mol. The van der Waals surface area contributed by atoms with Gasteiger partial charge < -0.3 is 24.8 Å². The van der Waals surface area contributed by atoms with Gasteiger partial charge in [0.05, 0.1) is 32.5 Å². The van der Waals surface area contributed by atoms with E-state index in [9.17, 15) is 4.79 Å². The van der Waals surface area contributed by atoms with Gasteiger partial charge in [-0.1, -0.05) is 18.2 Å². The van der Waals surface area contributed by atoms with Crippen molar-refractivity contribution in [2.24, 2.45) is 0 Å². The second-order valence-corrected chi connectivity index (χ2v) is 6.81. The molecule has 8 nitrogen and oxygen atoms in total. The van der Waals surface area contributed by atoms with Crippen LogP contribution < -0.4 is 24.8 Å². The van der Waals surface area contributed by atoms with Crippen molar-refractivity contribution < 1.29 is 19.0 Å². The normalized spacial score (nSPS) is 10.5. The van der Waals surface area contributed by atoms with Gasteiger partial charge in [-0.2, -0.15) is 0 Å². The zero-order chi connectivity index (χ0) is 22.5. The molecule has 4 rings (SSSR count). The van der Waals surface area contributed by atoms with Crippen LogP contribution in [0.2, 0.25) is 0 Å². The minimum atomic E-state index is -0.215. The SMILES string of the molecule is COc1cc(Nc2ncnc3cc(OC)c(OC)cc23)ccc1NC(=O)c1ccccc1. The lowest BCUT2D eigenvalue weighted by Crippen LogP contribution is -2.12. The Kier molecular flexibility index (Phi) is 6.03. The number of methoxy groups -OCH3 is 3. The van der Waals surface area contributed by atoms with Gasteiger partial charge in [0.2, 0.25) is 0 Å². The predicted octanol–water partition coefficient (Wildman–Crippen LogP) is 4.65. The summed E-state index contributed by atoms with van der Waals surface area (Å²) in [6.07, 6.45) is 1.47. The number of benzene rings is 3. The fourth-order valence-electron chi connectivity index (χ4n) is 3.28. The first-order chi connectivity index (χ1) is 15.6. The third-order valence-electron chi connectivity index (χ3n) is 4.89. The molecular formula is C24H22N4O4. The Morgan fingerprint density at radius 1 is 0.812 bits per heavy atom. The van der Waals surface area contributed by atoms with Crippen molar-refractivity contribution in [3.8, 4) is 17.2 Å². The van der Waals surface area contributed by atoms with E-state index in [4.69, 9.17) is 14.2 Å². The van der Waals surface area contributed by atoms with Crippen LogP contribution in [0.4, 0.5) is 17.2 Å². The summed E-state index contributed by atoms with van der Waals surface area (Å²) in [5.74, 6) is 2.06. The molecule has 0 fully saturated rings. The van der Waals surface area contributed by atoms with Crippen LogP contribution in [0.1, 0.15) is 10.4 Å². The number of nitrogens with one attached hydrogen (secondary N) is 2. The zero-order valence-electron chi connectivity index (χ0n) is 17.9. The number of carbonyl (C=O) groups is 1. The molecule has 0 aliphatic heterocycles. The first-order valence-electron chi connectivity index (χ1n) is 9.81. The zero-order valence-corrected chi connectivity index (χ0v) is 17.9. The lowest BCUT2D eigenvalue weighted by Gasteiger charge is -2.14. The number of hydrogen-bond donors (Lipinski definition) is 2. The van der Waals surface area contributed by atoms with Gasteiger partial charge in [-0.15, -0.1) is 0 Å². The summed E-state index contributed by atoms with van der Waals surface area (Å²) >= 11 is 0. The van der Waals surface area contributed by atoms with Crippen LogP contribution in [-0.4, -0.2) is 37.2 Å². The average molecular weight is 430 g/mol. The smallest absolute Gasteiger partial charge is 0.255 e. The number of ether oxygens (including phenoxy) is 3. The Morgan fingerprint density at radius 2 is 1.53 bits per heavy atom. The fraction of sp³-hybridized carbons (Fsp3) is 0.125. The molecule has 8 heteroatoms. The minimum Gasteiger partial charge on any atom is -0.494 e. The Hall–Kier alpha value is -4.33. The highest BCUT2D eigenvalue weighted by atomic mass is 16.5. The summed E-state index contributed by atoms with van der Waals surface area (Å²) in [6, 6.07) is 18.0. The summed E-state index contributed by atoms with van der Waals surface area (Å²) < 4.78 is 16.3. The molecule has 0 saturated heterocycles. The van der Waals surface area contributed by atoms with Crippen LogP contribution in [0.15, 0.2) is 67.0 Å². The summed E-state index contributed by atoms with van der Waals surface area (Å²) in [4.78, 5) is 21.2. The van der Waals surface area contributed by atoms with Crippen molar-refractivity contribution in [3.63, 3.8) is 0 Å². The van der Waals surface area contributed by atoms with Crippen LogP contribution in [-0.2, 0) is 0 Å². The molecule has 0 bridgehead atoms. The first-order valence-corrected chi connectivity index (χ1v) is 9.81. The Morgan fingerprint density at radius 3 is 2.25 bits per heavy atom. The summed E-state index contributed by atoms with van der Waals surface area (Å²) in [7, 11) is 4.71. The number of rotatable bonds is 7. The quantitative estimate of drug-likeness (QED) is 0.441. The highest BCUT2D eigenvalue weighted by Crippen LogP contribution is 2.35. The molecule has 0 aliphatic rings. The molecule has 1 amide bonds. The second-order valence-electron chi connectivity index (χ2n) is 6.81. The molecule has 0 unspecified atom stereocenters. The molecule has 162 valence electrons. The molecule has 0 radical (unpaired) electrons. The maximum atomic E-state index is 12.5. The number of nitrogens with zero attached hydrogens (tertiary/aromatic N) is 2. The largest absolute Gasteiger partial charge is 0.494 e. The third-order valence-corrected chi connectivity index (χ3v) is 4.89. The number of carbonyl (C=O) groups excluding carboxylic acids is 1. The van der Waals surface area contributed by atoms with E-state index in [1.165, 1.54) is 6.33 Å². The van der Waals surface area contributed by atoms with Crippen LogP contribution in [0.3, 0.4) is 0 Å². The molecule has 0 saturated carbocycles. The van der Waals surface area contributed by atoms with Crippen LogP contribution in [0, 0.1) is 0 Å². The second kappa shape index (κ2) is 9.22. The van der Waals surface area contributed by atoms with Crippen molar-refractivity contribution in [2.45, 2.75) is 0 Å². The van der Waals surface area contributed by atoms with E-state index in [1.54, 1.807) is 51.7 Å². The molecule has 3 aromatic carbocycles. The van der Waals surface area contributed by atoms with Crippen molar-refractivity contribution >= 4 is 34.0 Å². The maximum Gasteiger partial charge on any atom is 0.255 e. The highest BCUT2D eigenvalue weighted by Gasteiger charge is 2.13. The number of aromatic nitrogens is 2. The van der Waals surface area contributed by atoms with Crippen molar-refractivity contribution in [2.75, 3.05) is 32.0 Å². The van der Waals surface area contributed by atoms with E-state index >= 15 is 0 Å². The molecule has 0 aliphatic carbocycles. The van der Waals surface area contributed by atoms with Gasteiger partial charge in [-0.3, -0.25) is 4.79 Å². The van der Waals surface area contributed by atoms with Gasteiger partial charge >= 0.3 is 0 Å². The van der Waals surface area contributed by atoms with Gasteiger partial charge in [-0.05, 0) is 30.3 Å². The standard InChI is InChI=1S/C24H22N4O4/c1-30-20-11-16(9-10-18(20)28-24(29)15-7-5-4-6-8-15)27-23-17-12-21(31-2)22(32-3)13-19(17)25-14-26-23/h4-14H,1-3H3,(H,28,29)(H,25,26,27). The van der Waals surface area contributed by atoms with Gasteiger partial charge in [0.25, 0.3) is 5.91 Å². The molecule has 2 N–H and O–H groups in total. The number of hydrogen-bond acceptors (Lipinski definition) is 7. The molecule has 1 aromatic heterocycles. The van der Waals surface area contributed by atoms with Gasteiger partial charge in [-0.25, -0.2) is 9.97 Å². The Labute approximate surface area is 185 Å². The van der Waals surface area contributed by atoms with E-state index < -0.39 is 0 Å². The highest BCUT2D eigenvalue weighted by molar-refractivity contribution is 6.05. The minimum absolute atomic E-state index is 0.215. The molecule has 1 heterocycles. The molecule has 0 spiro atoms. The molecule has 4 aromatic rings. The van der Waals surface area contributed by atoms with E-state index in [2.05, 4.69) is 20.6 Å². The van der Waals surface area contributed by atoms with Crippen LogP contribution in [0.25, 0.3) is 10.9 Å². The van der Waals surface area contributed by atoms with Gasteiger partial charge in [0.1, 0.15) is 17.9 Å².